The van der Waals surface area contributed by atoms with Crippen LogP contribution in [0.1, 0.15) is 38.4 Å². The van der Waals surface area contributed by atoms with E-state index in [1.165, 1.54) is 0 Å². The van der Waals surface area contributed by atoms with E-state index in [0.29, 0.717) is 0 Å². The van der Waals surface area contributed by atoms with Crippen molar-refractivity contribution >= 4 is 0 Å². The Morgan fingerprint density at radius 3 is 3.00 bits per heavy atom. The summed E-state index contributed by atoms with van der Waals surface area (Å²) in [5.74, 6) is 0. The summed E-state index contributed by atoms with van der Waals surface area (Å²) in [5, 5.41) is 3.45. The lowest BCUT2D eigenvalue weighted by atomic mass is 9.91. The van der Waals surface area contributed by atoms with Crippen LogP contribution in [0.3, 0.4) is 0 Å². The van der Waals surface area contributed by atoms with Crippen molar-refractivity contribution in [2.75, 3.05) is 13.2 Å². The van der Waals surface area contributed by atoms with Crippen molar-refractivity contribution in [2.45, 2.75) is 38.3 Å². The van der Waals surface area contributed by atoms with Crippen molar-refractivity contribution in [1.29, 1.82) is 0 Å². The molecule has 0 bridgehead atoms. The fourth-order valence-electron chi connectivity index (χ4n) is 2.33. The number of hydrogen-bond acceptors (Lipinski definition) is 4. The van der Waals surface area contributed by atoms with Gasteiger partial charge in [-0.05, 0) is 26.3 Å². The van der Waals surface area contributed by atoms with Gasteiger partial charge in [0.25, 0.3) is 0 Å². The lowest BCUT2D eigenvalue weighted by Crippen LogP contribution is -2.41. The molecule has 2 unspecified atom stereocenters. The first kappa shape index (κ1) is 11.5. The molecule has 2 rings (SSSR count). The molecule has 4 nitrogen and oxygen atoms in total. The zero-order valence-electron chi connectivity index (χ0n) is 9.94. The Morgan fingerprint density at radius 1 is 1.56 bits per heavy atom. The predicted octanol–water partition coefficient (Wildman–Crippen LogP) is 1.70. The summed E-state index contributed by atoms with van der Waals surface area (Å²) in [4.78, 5) is 8.51. The van der Waals surface area contributed by atoms with E-state index in [4.69, 9.17) is 4.74 Å². The van der Waals surface area contributed by atoms with Crippen LogP contribution in [-0.2, 0) is 4.74 Å². The molecule has 1 aromatic heterocycles. The first-order valence-electron chi connectivity index (χ1n) is 5.89. The Hall–Kier alpha value is -1.00. The number of likely N-dealkylation sites (N-methyl/N-ethyl adjacent to an activating group) is 1. The van der Waals surface area contributed by atoms with Crippen LogP contribution in [0.4, 0.5) is 0 Å². The van der Waals surface area contributed by atoms with Gasteiger partial charge in [-0.2, -0.15) is 0 Å². The summed E-state index contributed by atoms with van der Waals surface area (Å²) in [6.07, 6.45) is 7.45. The molecular weight excluding hydrogens is 202 g/mol. The molecule has 16 heavy (non-hydrogen) atoms. The minimum atomic E-state index is -0.147. The molecule has 1 fully saturated rings. The van der Waals surface area contributed by atoms with Crippen molar-refractivity contribution in [2.24, 2.45) is 0 Å². The molecule has 4 heteroatoms. The van der Waals surface area contributed by atoms with Crippen LogP contribution >= 0.6 is 0 Å². The Bertz CT molecular complexity index is 322. The molecule has 1 aromatic rings. The highest BCUT2D eigenvalue weighted by Crippen LogP contribution is 2.36. The summed E-state index contributed by atoms with van der Waals surface area (Å²) in [6, 6.07) is 0.133. The molecule has 1 aliphatic rings. The number of hydrogen-bond donors (Lipinski definition) is 1. The minimum absolute atomic E-state index is 0.133. The monoisotopic (exact) mass is 221 g/mol. The third-order valence-electron chi connectivity index (χ3n) is 3.15. The number of rotatable bonds is 4. The van der Waals surface area contributed by atoms with Gasteiger partial charge in [-0.3, -0.25) is 9.97 Å². The van der Waals surface area contributed by atoms with E-state index >= 15 is 0 Å². The maximum absolute atomic E-state index is 5.88. The third-order valence-corrected chi connectivity index (χ3v) is 3.15. The van der Waals surface area contributed by atoms with Gasteiger partial charge in [-0.1, -0.05) is 6.92 Å². The minimum Gasteiger partial charge on any atom is -0.373 e. The SMILES string of the molecule is CCNC(c1cnccn1)C1(C)CCCO1. The van der Waals surface area contributed by atoms with Gasteiger partial charge in [0.05, 0.1) is 23.5 Å². The van der Waals surface area contributed by atoms with Gasteiger partial charge in [0.2, 0.25) is 0 Å². The van der Waals surface area contributed by atoms with E-state index in [9.17, 15) is 0 Å². The van der Waals surface area contributed by atoms with Gasteiger partial charge < -0.3 is 10.1 Å². The highest BCUT2D eigenvalue weighted by molar-refractivity contribution is 5.10. The molecular formula is C12H19N3O. The van der Waals surface area contributed by atoms with Gasteiger partial charge in [0, 0.05) is 19.0 Å². The van der Waals surface area contributed by atoms with Crippen molar-refractivity contribution in [3.8, 4) is 0 Å². The molecule has 0 aromatic carbocycles. The summed E-state index contributed by atoms with van der Waals surface area (Å²) in [7, 11) is 0. The molecule has 2 heterocycles. The average Bonchev–Trinajstić information content (AvgIpc) is 2.75. The molecule has 1 aliphatic heterocycles. The molecule has 0 spiro atoms. The molecule has 1 saturated heterocycles. The Morgan fingerprint density at radius 2 is 2.44 bits per heavy atom. The van der Waals surface area contributed by atoms with E-state index in [1.807, 2.05) is 6.20 Å². The van der Waals surface area contributed by atoms with Crippen molar-refractivity contribution in [1.82, 2.24) is 15.3 Å². The Balaban J connectivity index is 2.23. The van der Waals surface area contributed by atoms with Crippen LogP contribution in [0, 0.1) is 0 Å². The van der Waals surface area contributed by atoms with Crippen LogP contribution < -0.4 is 5.32 Å². The van der Waals surface area contributed by atoms with Gasteiger partial charge >= 0.3 is 0 Å². The molecule has 1 N–H and O–H groups in total. The molecule has 0 radical (unpaired) electrons. The summed E-state index contributed by atoms with van der Waals surface area (Å²) in [6.45, 7) is 6.00. The van der Waals surface area contributed by atoms with Crippen molar-refractivity contribution < 1.29 is 4.74 Å². The van der Waals surface area contributed by atoms with E-state index < -0.39 is 0 Å². The molecule has 0 amide bonds. The zero-order valence-corrected chi connectivity index (χ0v) is 9.94. The van der Waals surface area contributed by atoms with E-state index in [0.717, 1.165) is 31.7 Å². The van der Waals surface area contributed by atoms with Crippen LogP contribution in [0.2, 0.25) is 0 Å². The zero-order chi connectivity index (χ0) is 11.4. The van der Waals surface area contributed by atoms with Crippen molar-refractivity contribution in [3.05, 3.63) is 24.3 Å². The summed E-state index contributed by atoms with van der Waals surface area (Å²) < 4.78 is 5.88. The van der Waals surface area contributed by atoms with Gasteiger partial charge in [-0.25, -0.2) is 0 Å². The molecule has 2 atom stereocenters. The van der Waals surface area contributed by atoms with Crippen LogP contribution in [-0.4, -0.2) is 28.7 Å². The predicted molar refractivity (Wildman–Crippen MR) is 62.0 cm³/mol. The topological polar surface area (TPSA) is 47.0 Å². The Kier molecular flexibility index (Phi) is 3.51. The van der Waals surface area contributed by atoms with Crippen molar-refractivity contribution in [3.63, 3.8) is 0 Å². The lowest BCUT2D eigenvalue weighted by molar-refractivity contribution is -0.0133. The molecule has 0 saturated carbocycles. The average molecular weight is 221 g/mol. The fraction of sp³-hybridized carbons (Fsp3) is 0.667. The third kappa shape index (κ3) is 2.23. The fourth-order valence-corrected chi connectivity index (χ4v) is 2.33. The number of nitrogens with zero attached hydrogens (tertiary/aromatic N) is 2. The largest absolute Gasteiger partial charge is 0.373 e. The van der Waals surface area contributed by atoms with Crippen LogP contribution in [0.5, 0.6) is 0 Å². The second-order valence-corrected chi connectivity index (χ2v) is 4.39. The standard InChI is InChI=1S/C12H19N3O/c1-3-14-11(10-9-13-6-7-15-10)12(2)5-4-8-16-12/h6-7,9,11,14H,3-5,8H2,1-2H3. The van der Waals surface area contributed by atoms with E-state index in [2.05, 4.69) is 29.1 Å². The highest BCUT2D eigenvalue weighted by atomic mass is 16.5. The normalized spacial score (nSPS) is 26.9. The van der Waals surface area contributed by atoms with E-state index in [1.54, 1.807) is 12.4 Å². The molecule has 0 aliphatic carbocycles. The second kappa shape index (κ2) is 4.89. The Labute approximate surface area is 96.4 Å². The maximum Gasteiger partial charge on any atom is 0.0865 e. The first-order valence-corrected chi connectivity index (χ1v) is 5.89. The summed E-state index contributed by atoms with van der Waals surface area (Å²) in [5.41, 5.74) is 0.820. The molecule has 88 valence electrons. The van der Waals surface area contributed by atoms with Gasteiger partial charge in [0.1, 0.15) is 0 Å². The smallest absolute Gasteiger partial charge is 0.0865 e. The number of nitrogens with one attached hydrogen (secondary N) is 1. The number of aromatic nitrogens is 2. The second-order valence-electron chi connectivity index (χ2n) is 4.39. The van der Waals surface area contributed by atoms with Gasteiger partial charge in [0.15, 0.2) is 0 Å². The van der Waals surface area contributed by atoms with Crippen LogP contribution in [0.15, 0.2) is 18.6 Å². The van der Waals surface area contributed by atoms with Gasteiger partial charge in [-0.15, -0.1) is 0 Å². The number of ether oxygens (including phenoxy) is 1. The van der Waals surface area contributed by atoms with E-state index in [-0.39, 0.29) is 11.6 Å². The maximum atomic E-state index is 5.88. The first-order chi connectivity index (χ1) is 7.76. The lowest BCUT2D eigenvalue weighted by Gasteiger charge is -2.33. The quantitative estimate of drug-likeness (QED) is 0.840. The summed E-state index contributed by atoms with van der Waals surface area (Å²) >= 11 is 0. The van der Waals surface area contributed by atoms with Crippen LogP contribution in [0.25, 0.3) is 0 Å². The highest BCUT2D eigenvalue weighted by Gasteiger charge is 2.39.